The van der Waals surface area contributed by atoms with Crippen LogP contribution in [0.3, 0.4) is 0 Å². The quantitative estimate of drug-likeness (QED) is 0.886. The predicted octanol–water partition coefficient (Wildman–Crippen LogP) is 2.56. The van der Waals surface area contributed by atoms with E-state index >= 15 is 0 Å². The van der Waals surface area contributed by atoms with Crippen LogP contribution in [0.5, 0.6) is 0 Å². The summed E-state index contributed by atoms with van der Waals surface area (Å²) in [6.45, 7) is 0. The molecule has 1 aromatic rings. The summed E-state index contributed by atoms with van der Waals surface area (Å²) in [4.78, 5) is 0. The Bertz CT molecular complexity index is 453. The maximum absolute atomic E-state index is 6.36. The number of nitrogens with two attached hydrogens (primary N) is 1. The summed E-state index contributed by atoms with van der Waals surface area (Å²) in [6, 6.07) is 9.80. The van der Waals surface area contributed by atoms with Gasteiger partial charge in [0.15, 0.2) is 0 Å². The number of allylic oxidation sites excluding steroid dienone is 1. The molecule has 0 aliphatic heterocycles. The summed E-state index contributed by atoms with van der Waals surface area (Å²) in [7, 11) is 3.35. The van der Waals surface area contributed by atoms with Gasteiger partial charge in [-0.15, -0.1) is 0 Å². The lowest BCUT2D eigenvalue weighted by Gasteiger charge is -2.36. The number of methoxy groups -OCH3 is 2. The van der Waals surface area contributed by atoms with E-state index in [4.69, 9.17) is 15.2 Å². The fourth-order valence-electron chi connectivity index (χ4n) is 2.22. The van der Waals surface area contributed by atoms with Crippen LogP contribution in [0, 0.1) is 0 Å². The third-order valence-corrected chi connectivity index (χ3v) is 3.45. The Kier molecular flexibility index (Phi) is 3.84. The fraction of sp³-hybridized carbons (Fsp3) is 0.333. The van der Waals surface area contributed by atoms with Crippen molar-refractivity contribution >= 4 is 0 Å². The van der Waals surface area contributed by atoms with Crippen molar-refractivity contribution in [2.75, 3.05) is 14.2 Å². The largest absolute Gasteiger partial charge is 0.497 e. The highest BCUT2D eigenvalue weighted by molar-refractivity contribution is 5.31. The Labute approximate surface area is 108 Å². The van der Waals surface area contributed by atoms with Crippen LogP contribution >= 0.6 is 0 Å². The van der Waals surface area contributed by atoms with Gasteiger partial charge in [0.2, 0.25) is 0 Å². The lowest BCUT2D eigenvalue weighted by molar-refractivity contribution is 0.00950. The molecule has 1 aliphatic carbocycles. The molecular formula is C15H19NO2. The number of benzene rings is 1. The molecule has 96 valence electrons. The molecule has 0 fully saturated rings. The molecule has 2 rings (SSSR count). The average Bonchev–Trinajstić information content (AvgIpc) is 2.47. The minimum Gasteiger partial charge on any atom is -0.497 e. The summed E-state index contributed by atoms with van der Waals surface area (Å²) in [5.74, 6) is 0.850. The van der Waals surface area contributed by atoms with E-state index in [0.717, 1.165) is 11.3 Å². The average molecular weight is 245 g/mol. The van der Waals surface area contributed by atoms with Crippen LogP contribution in [-0.2, 0) is 9.47 Å². The smallest absolute Gasteiger partial charge is 0.114 e. The molecule has 0 amide bonds. The molecule has 2 atom stereocenters. The lowest BCUT2D eigenvalue weighted by atomic mass is 9.83. The van der Waals surface area contributed by atoms with E-state index in [9.17, 15) is 0 Å². The molecule has 0 saturated carbocycles. The molecule has 3 nitrogen and oxygen atoms in total. The van der Waals surface area contributed by atoms with Gasteiger partial charge in [0.05, 0.1) is 13.2 Å². The molecule has 0 spiro atoms. The first-order valence-corrected chi connectivity index (χ1v) is 6.01. The molecule has 1 aromatic carbocycles. The van der Waals surface area contributed by atoms with Gasteiger partial charge in [-0.2, -0.15) is 0 Å². The standard InChI is InChI=1S/C15H19NO2/c1-17-13-8-10-15(18-2,11-9-13)14(16)12-6-4-3-5-7-12/h3-10,14H,11,16H2,1-2H3. The van der Waals surface area contributed by atoms with Gasteiger partial charge in [-0.05, 0) is 23.8 Å². The molecular weight excluding hydrogens is 226 g/mol. The second-order valence-electron chi connectivity index (χ2n) is 4.40. The number of hydrogen-bond donors (Lipinski definition) is 1. The molecule has 2 unspecified atom stereocenters. The normalized spacial score (nSPS) is 24.5. The summed E-state index contributed by atoms with van der Waals surface area (Å²) in [5.41, 5.74) is 6.93. The Hall–Kier alpha value is -1.58. The maximum atomic E-state index is 6.36. The van der Waals surface area contributed by atoms with Crippen molar-refractivity contribution in [1.29, 1.82) is 0 Å². The summed E-state index contributed by atoms with van der Waals surface area (Å²) >= 11 is 0. The number of ether oxygens (including phenoxy) is 2. The molecule has 18 heavy (non-hydrogen) atoms. The lowest BCUT2D eigenvalue weighted by Crippen LogP contribution is -2.42. The topological polar surface area (TPSA) is 44.5 Å². The minimum absolute atomic E-state index is 0.199. The van der Waals surface area contributed by atoms with E-state index in [-0.39, 0.29) is 6.04 Å². The van der Waals surface area contributed by atoms with Gasteiger partial charge in [0.1, 0.15) is 11.4 Å². The van der Waals surface area contributed by atoms with Crippen LogP contribution in [0.15, 0.2) is 54.3 Å². The highest BCUT2D eigenvalue weighted by Crippen LogP contribution is 2.35. The van der Waals surface area contributed by atoms with E-state index < -0.39 is 5.60 Å². The first kappa shape index (κ1) is 12.9. The zero-order valence-electron chi connectivity index (χ0n) is 10.8. The molecule has 0 saturated heterocycles. The van der Waals surface area contributed by atoms with Crippen LogP contribution in [0.1, 0.15) is 18.0 Å². The third kappa shape index (κ3) is 2.33. The van der Waals surface area contributed by atoms with Gasteiger partial charge < -0.3 is 15.2 Å². The van der Waals surface area contributed by atoms with Gasteiger partial charge in [-0.3, -0.25) is 0 Å². The molecule has 1 aliphatic rings. The van der Waals surface area contributed by atoms with Crippen molar-refractivity contribution in [3.63, 3.8) is 0 Å². The molecule has 0 aromatic heterocycles. The van der Waals surface area contributed by atoms with E-state index in [2.05, 4.69) is 0 Å². The van der Waals surface area contributed by atoms with E-state index in [1.807, 2.05) is 48.6 Å². The predicted molar refractivity (Wildman–Crippen MR) is 72.0 cm³/mol. The zero-order valence-corrected chi connectivity index (χ0v) is 10.8. The van der Waals surface area contributed by atoms with Gasteiger partial charge >= 0.3 is 0 Å². The molecule has 3 heteroatoms. The maximum Gasteiger partial charge on any atom is 0.114 e. The van der Waals surface area contributed by atoms with Crippen LogP contribution < -0.4 is 5.73 Å². The number of rotatable bonds is 4. The van der Waals surface area contributed by atoms with Crippen molar-refractivity contribution in [2.45, 2.75) is 18.1 Å². The Balaban J connectivity index is 2.25. The molecule has 0 radical (unpaired) electrons. The summed E-state index contributed by atoms with van der Waals surface area (Å²) in [6.07, 6.45) is 6.62. The first-order chi connectivity index (χ1) is 8.72. The van der Waals surface area contributed by atoms with Crippen LogP contribution in [0.2, 0.25) is 0 Å². The Morgan fingerprint density at radius 2 is 1.94 bits per heavy atom. The highest BCUT2D eigenvalue weighted by atomic mass is 16.5. The van der Waals surface area contributed by atoms with Gasteiger partial charge in [0, 0.05) is 13.5 Å². The molecule has 2 N–H and O–H groups in total. The third-order valence-electron chi connectivity index (χ3n) is 3.45. The highest BCUT2D eigenvalue weighted by Gasteiger charge is 2.36. The van der Waals surface area contributed by atoms with E-state index in [1.165, 1.54) is 0 Å². The monoisotopic (exact) mass is 245 g/mol. The van der Waals surface area contributed by atoms with Gasteiger partial charge in [-0.1, -0.05) is 30.3 Å². The van der Waals surface area contributed by atoms with Crippen molar-refractivity contribution in [2.24, 2.45) is 5.73 Å². The van der Waals surface area contributed by atoms with Gasteiger partial charge in [-0.25, -0.2) is 0 Å². The van der Waals surface area contributed by atoms with E-state index in [0.29, 0.717) is 6.42 Å². The SMILES string of the molecule is COC1=CCC(OC)(C(N)c2ccccc2)C=C1. The molecule has 0 heterocycles. The van der Waals surface area contributed by atoms with Crippen molar-refractivity contribution in [3.05, 3.63) is 59.9 Å². The second kappa shape index (κ2) is 5.38. The minimum atomic E-state index is -0.497. The van der Waals surface area contributed by atoms with E-state index in [1.54, 1.807) is 14.2 Å². The first-order valence-electron chi connectivity index (χ1n) is 6.01. The van der Waals surface area contributed by atoms with Crippen molar-refractivity contribution in [3.8, 4) is 0 Å². The van der Waals surface area contributed by atoms with Gasteiger partial charge in [0.25, 0.3) is 0 Å². The van der Waals surface area contributed by atoms with Crippen LogP contribution in [0.25, 0.3) is 0 Å². The summed E-state index contributed by atoms with van der Waals surface area (Å²) < 4.78 is 10.9. The van der Waals surface area contributed by atoms with Crippen molar-refractivity contribution < 1.29 is 9.47 Å². The summed E-state index contributed by atoms with van der Waals surface area (Å²) in [5, 5.41) is 0. The number of hydrogen-bond acceptors (Lipinski definition) is 3. The second-order valence-corrected chi connectivity index (χ2v) is 4.40. The van der Waals surface area contributed by atoms with Crippen LogP contribution in [0.4, 0.5) is 0 Å². The Morgan fingerprint density at radius 1 is 1.22 bits per heavy atom. The fourth-order valence-corrected chi connectivity index (χ4v) is 2.22. The zero-order chi connectivity index (χ0) is 13.0. The Morgan fingerprint density at radius 3 is 2.44 bits per heavy atom. The molecule has 0 bridgehead atoms. The van der Waals surface area contributed by atoms with Crippen LogP contribution in [-0.4, -0.2) is 19.8 Å². The van der Waals surface area contributed by atoms with Crippen molar-refractivity contribution in [1.82, 2.24) is 0 Å².